The van der Waals surface area contributed by atoms with Gasteiger partial charge in [-0.25, -0.2) is 8.78 Å². The minimum absolute atomic E-state index is 0.392. The second-order valence-corrected chi connectivity index (χ2v) is 4.96. The van der Waals surface area contributed by atoms with Crippen molar-refractivity contribution in [2.45, 2.75) is 32.6 Å². The van der Waals surface area contributed by atoms with Gasteiger partial charge < -0.3 is 20.3 Å². The van der Waals surface area contributed by atoms with Crippen LogP contribution in [-0.2, 0) is 4.74 Å². The first-order chi connectivity index (χ1) is 9.53. The molecule has 0 aromatic heterocycles. The molecular weight excluding hydrogens is 264 g/mol. The summed E-state index contributed by atoms with van der Waals surface area (Å²) in [6, 6.07) is 0. The van der Waals surface area contributed by atoms with E-state index < -0.39 is 19.1 Å². The van der Waals surface area contributed by atoms with Crippen LogP contribution in [0.1, 0.15) is 26.7 Å². The fourth-order valence-corrected chi connectivity index (χ4v) is 1.89. The third-order valence-electron chi connectivity index (χ3n) is 3.22. The van der Waals surface area contributed by atoms with Gasteiger partial charge in [-0.3, -0.25) is 0 Å². The van der Waals surface area contributed by atoms with Crippen molar-refractivity contribution in [1.82, 2.24) is 9.80 Å². The molecule has 6 heteroatoms. The van der Waals surface area contributed by atoms with Gasteiger partial charge in [0.15, 0.2) is 0 Å². The van der Waals surface area contributed by atoms with Crippen LogP contribution in [-0.4, -0.2) is 75.3 Å². The first kappa shape index (κ1) is 19.7. The van der Waals surface area contributed by atoms with Crippen molar-refractivity contribution in [2.24, 2.45) is 5.73 Å². The Kier molecular flexibility index (Phi) is 11.2. The molecule has 1 rings (SSSR count). The van der Waals surface area contributed by atoms with Crippen molar-refractivity contribution in [1.29, 1.82) is 0 Å². The number of ether oxygens (including phenoxy) is 1. The maximum Gasteiger partial charge on any atom is 0.282 e. The zero-order valence-electron chi connectivity index (χ0n) is 13.2. The summed E-state index contributed by atoms with van der Waals surface area (Å²) in [6.45, 7) is 8.64. The van der Waals surface area contributed by atoms with E-state index in [2.05, 4.69) is 16.8 Å². The molecule has 122 valence electrons. The number of nitrogens with two attached hydrogens (primary N) is 1. The highest BCUT2D eigenvalue weighted by molar-refractivity contribution is 4.69. The van der Waals surface area contributed by atoms with E-state index in [1.54, 1.807) is 0 Å². The van der Waals surface area contributed by atoms with Crippen molar-refractivity contribution < 1.29 is 13.5 Å². The molecule has 1 saturated heterocycles. The molecule has 0 aromatic carbocycles. The number of likely N-dealkylation sites (N-methyl/N-ethyl adjacent to an activating group) is 1. The van der Waals surface area contributed by atoms with Gasteiger partial charge in [0.05, 0.1) is 6.54 Å². The van der Waals surface area contributed by atoms with Gasteiger partial charge in [0, 0.05) is 32.8 Å². The van der Waals surface area contributed by atoms with Crippen LogP contribution in [0.5, 0.6) is 0 Å². The van der Waals surface area contributed by atoms with Crippen LogP contribution in [0.2, 0.25) is 0 Å². The Hall–Kier alpha value is -0.300. The predicted octanol–water partition coefficient (Wildman–Crippen LogP) is 1.65. The average Bonchev–Trinajstić information content (AvgIpc) is 2.47. The van der Waals surface area contributed by atoms with Crippen LogP contribution in [0.25, 0.3) is 0 Å². The summed E-state index contributed by atoms with van der Waals surface area (Å²) in [6.07, 6.45) is 1.82. The van der Waals surface area contributed by atoms with E-state index >= 15 is 0 Å². The van der Waals surface area contributed by atoms with Crippen LogP contribution in [0.4, 0.5) is 8.78 Å². The summed E-state index contributed by atoms with van der Waals surface area (Å²) in [5, 5.41) is 0. The fourth-order valence-electron chi connectivity index (χ4n) is 1.89. The molecule has 1 heterocycles. The smallest absolute Gasteiger partial charge is 0.282 e. The maximum atomic E-state index is 12.7. The molecule has 0 saturated carbocycles. The number of hydrogen-bond acceptors (Lipinski definition) is 4. The first-order valence-corrected chi connectivity index (χ1v) is 7.60. The second-order valence-electron chi connectivity index (χ2n) is 4.96. The second kappa shape index (κ2) is 11.4. The SMILES string of the molecule is CC.CN1CCN(CCCCOCC(F)(F)CN)CC1. The number of alkyl halides is 2. The Balaban J connectivity index is 0.00000172. The highest BCUT2D eigenvalue weighted by Gasteiger charge is 2.26. The van der Waals surface area contributed by atoms with Crippen LogP contribution >= 0.6 is 0 Å². The minimum atomic E-state index is -2.88. The number of halogens is 2. The van der Waals surface area contributed by atoms with Gasteiger partial charge in [0.25, 0.3) is 5.92 Å². The van der Waals surface area contributed by atoms with Crippen LogP contribution in [0.3, 0.4) is 0 Å². The van der Waals surface area contributed by atoms with Crippen molar-refractivity contribution in [3.05, 3.63) is 0 Å². The molecule has 0 bridgehead atoms. The molecule has 4 nitrogen and oxygen atoms in total. The normalized spacial score (nSPS) is 17.7. The number of hydrogen-bond donors (Lipinski definition) is 1. The topological polar surface area (TPSA) is 41.7 Å². The van der Waals surface area contributed by atoms with Crippen LogP contribution < -0.4 is 5.73 Å². The lowest BCUT2D eigenvalue weighted by Gasteiger charge is -2.32. The molecule has 0 aliphatic carbocycles. The Morgan fingerprint density at radius 2 is 1.70 bits per heavy atom. The lowest BCUT2D eigenvalue weighted by atomic mass is 10.2. The largest absolute Gasteiger partial charge is 0.375 e. The van der Waals surface area contributed by atoms with E-state index in [0.717, 1.165) is 45.6 Å². The van der Waals surface area contributed by atoms with Crippen molar-refractivity contribution in [3.8, 4) is 0 Å². The average molecular weight is 295 g/mol. The van der Waals surface area contributed by atoms with Crippen molar-refractivity contribution >= 4 is 0 Å². The van der Waals surface area contributed by atoms with Crippen molar-refractivity contribution in [2.75, 3.05) is 59.5 Å². The molecule has 1 fully saturated rings. The van der Waals surface area contributed by atoms with Crippen LogP contribution in [0, 0.1) is 0 Å². The molecule has 0 spiro atoms. The summed E-state index contributed by atoms with van der Waals surface area (Å²) < 4.78 is 30.4. The molecule has 0 atom stereocenters. The summed E-state index contributed by atoms with van der Waals surface area (Å²) in [5.74, 6) is -2.88. The number of rotatable bonds is 8. The van der Waals surface area contributed by atoms with Crippen LogP contribution in [0.15, 0.2) is 0 Å². The zero-order chi connectivity index (χ0) is 15.4. The highest BCUT2D eigenvalue weighted by atomic mass is 19.3. The summed E-state index contributed by atoms with van der Waals surface area (Å²) in [4.78, 5) is 4.73. The summed E-state index contributed by atoms with van der Waals surface area (Å²) in [5.41, 5.74) is 4.92. The van der Waals surface area contributed by atoms with Crippen molar-refractivity contribution in [3.63, 3.8) is 0 Å². The van der Waals surface area contributed by atoms with Gasteiger partial charge in [-0.05, 0) is 26.4 Å². The maximum absolute atomic E-state index is 12.7. The van der Waals surface area contributed by atoms with E-state index in [0.29, 0.717) is 6.61 Å². The summed E-state index contributed by atoms with van der Waals surface area (Å²) in [7, 11) is 2.13. The lowest BCUT2D eigenvalue weighted by Crippen LogP contribution is -2.44. The molecule has 0 aromatic rings. The third-order valence-corrected chi connectivity index (χ3v) is 3.22. The van der Waals surface area contributed by atoms with E-state index in [4.69, 9.17) is 10.5 Å². The molecule has 1 aliphatic heterocycles. The molecule has 0 unspecified atom stereocenters. The molecule has 0 amide bonds. The molecule has 20 heavy (non-hydrogen) atoms. The standard InChI is InChI=1S/C12H25F2N3O.C2H6/c1-16-5-7-17(8-6-16)4-2-3-9-18-11-12(13,14)10-15;1-2/h2-11,15H2,1H3;1-2H3. The van der Waals surface area contributed by atoms with E-state index in [-0.39, 0.29) is 0 Å². The minimum Gasteiger partial charge on any atom is -0.375 e. The van der Waals surface area contributed by atoms with Gasteiger partial charge in [-0.1, -0.05) is 13.8 Å². The Morgan fingerprint density at radius 1 is 1.10 bits per heavy atom. The first-order valence-electron chi connectivity index (χ1n) is 7.60. The zero-order valence-corrected chi connectivity index (χ0v) is 13.2. The van der Waals surface area contributed by atoms with Gasteiger partial charge >= 0.3 is 0 Å². The van der Waals surface area contributed by atoms with E-state index in [9.17, 15) is 8.78 Å². The monoisotopic (exact) mass is 295 g/mol. The fraction of sp³-hybridized carbons (Fsp3) is 1.00. The lowest BCUT2D eigenvalue weighted by molar-refractivity contribution is -0.0699. The van der Waals surface area contributed by atoms with Gasteiger partial charge in [0.1, 0.15) is 6.61 Å². The number of nitrogens with zero attached hydrogens (tertiary/aromatic N) is 2. The van der Waals surface area contributed by atoms with Gasteiger partial charge in [0.2, 0.25) is 0 Å². The van der Waals surface area contributed by atoms with E-state index in [1.807, 2.05) is 13.8 Å². The van der Waals surface area contributed by atoms with Gasteiger partial charge in [-0.2, -0.15) is 0 Å². The Morgan fingerprint density at radius 3 is 2.25 bits per heavy atom. The molecule has 1 aliphatic rings. The molecular formula is C14H31F2N3O. The predicted molar refractivity (Wildman–Crippen MR) is 79.3 cm³/mol. The number of unbranched alkanes of at least 4 members (excludes halogenated alkanes) is 1. The van der Waals surface area contributed by atoms with Gasteiger partial charge in [-0.15, -0.1) is 0 Å². The quantitative estimate of drug-likeness (QED) is 0.691. The Labute approximate surface area is 122 Å². The molecule has 2 N–H and O–H groups in total. The Bertz CT molecular complexity index is 222. The van der Waals surface area contributed by atoms with E-state index in [1.165, 1.54) is 0 Å². The third kappa shape index (κ3) is 9.58. The highest BCUT2D eigenvalue weighted by Crippen LogP contribution is 2.11. The number of piperazine rings is 1. The summed E-state index contributed by atoms with van der Waals surface area (Å²) >= 11 is 0. The molecule has 0 radical (unpaired) electrons.